The van der Waals surface area contributed by atoms with Crippen LogP contribution in [0.3, 0.4) is 0 Å². The van der Waals surface area contributed by atoms with Crippen molar-refractivity contribution >= 4 is 11.8 Å². The lowest BCUT2D eigenvalue weighted by Crippen LogP contribution is -2.44. The Balaban J connectivity index is 1.79. The number of likely N-dealkylation sites (tertiary alicyclic amines) is 2. The van der Waals surface area contributed by atoms with Crippen LogP contribution in [0.2, 0.25) is 0 Å². The molecule has 0 aliphatic carbocycles. The van der Waals surface area contributed by atoms with E-state index in [4.69, 9.17) is 0 Å². The summed E-state index contributed by atoms with van der Waals surface area (Å²) in [4.78, 5) is 28.7. The zero-order chi connectivity index (χ0) is 16.3. The predicted octanol–water partition coefficient (Wildman–Crippen LogP) is 2.78. The van der Waals surface area contributed by atoms with Crippen LogP contribution in [0.5, 0.6) is 0 Å². The number of carbonyl (C=O) groups is 2. The quantitative estimate of drug-likeness (QED) is 0.804. The summed E-state index contributed by atoms with van der Waals surface area (Å²) in [5.74, 6) is 2.62. The minimum Gasteiger partial charge on any atom is -0.342 e. The van der Waals surface area contributed by atoms with Gasteiger partial charge in [0.2, 0.25) is 11.8 Å². The zero-order valence-corrected chi connectivity index (χ0v) is 14.7. The van der Waals surface area contributed by atoms with Gasteiger partial charge in [-0.3, -0.25) is 9.59 Å². The van der Waals surface area contributed by atoms with Gasteiger partial charge in [0.25, 0.3) is 0 Å². The van der Waals surface area contributed by atoms with Gasteiger partial charge in [0.05, 0.1) is 0 Å². The summed E-state index contributed by atoms with van der Waals surface area (Å²) in [6, 6.07) is 0. The molecule has 4 atom stereocenters. The maximum absolute atomic E-state index is 12.4. The minimum atomic E-state index is 0.157. The summed E-state index contributed by atoms with van der Waals surface area (Å²) in [7, 11) is 0. The maximum Gasteiger partial charge on any atom is 0.223 e. The van der Waals surface area contributed by atoms with E-state index >= 15 is 0 Å². The number of hydrogen-bond acceptors (Lipinski definition) is 2. The highest BCUT2D eigenvalue weighted by Gasteiger charge is 2.28. The van der Waals surface area contributed by atoms with Crippen molar-refractivity contribution in [1.29, 1.82) is 0 Å². The smallest absolute Gasteiger partial charge is 0.223 e. The fraction of sp³-hybridized carbons (Fsp3) is 0.889. The molecule has 2 aliphatic heterocycles. The first-order chi connectivity index (χ1) is 10.3. The molecule has 0 bridgehead atoms. The molecule has 2 amide bonds. The molecule has 2 saturated heterocycles. The van der Waals surface area contributed by atoms with E-state index in [-0.39, 0.29) is 11.8 Å². The average molecular weight is 308 g/mol. The number of carbonyl (C=O) groups excluding carboxylic acids is 2. The summed E-state index contributed by atoms with van der Waals surface area (Å²) in [6.45, 7) is 12.2. The fourth-order valence-corrected chi connectivity index (χ4v) is 4.26. The molecule has 4 nitrogen and oxygen atoms in total. The second-order valence-electron chi connectivity index (χ2n) is 7.99. The van der Waals surface area contributed by atoms with Crippen molar-refractivity contribution in [1.82, 2.24) is 9.80 Å². The van der Waals surface area contributed by atoms with Crippen molar-refractivity contribution < 1.29 is 9.59 Å². The normalized spacial score (nSPS) is 32.9. The molecule has 0 N–H and O–H groups in total. The summed E-state index contributed by atoms with van der Waals surface area (Å²) >= 11 is 0. The van der Waals surface area contributed by atoms with Gasteiger partial charge in [0.15, 0.2) is 0 Å². The van der Waals surface area contributed by atoms with Crippen LogP contribution in [0.25, 0.3) is 0 Å². The molecule has 2 aliphatic rings. The molecule has 0 aromatic carbocycles. The van der Waals surface area contributed by atoms with Crippen molar-refractivity contribution in [2.45, 2.75) is 53.4 Å². The van der Waals surface area contributed by atoms with Gasteiger partial charge in [-0.05, 0) is 36.5 Å². The molecule has 22 heavy (non-hydrogen) atoms. The van der Waals surface area contributed by atoms with Gasteiger partial charge in [-0.15, -0.1) is 0 Å². The number of piperidine rings is 2. The van der Waals surface area contributed by atoms with Crippen LogP contribution in [0.4, 0.5) is 0 Å². The van der Waals surface area contributed by atoms with E-state index in [9.17, 15) is 9.59 Å². The Labute approximate surface area is 135 Å². The second kappa shape index (κ2) is 7.47. The molecule has 0 unspecified atom stereocenters. The fourth-order valence-electron chi connectivity index (χ4n) is 4.26. The van der Waals surface area contributed by atoms with Gasteiger partial charge in [-0.1, -0.05) is 27.7 Å². The van der Waals surface area contributed by atoms with Crippen LogP contribution < -0.4 is 0 Å². The van der Waals surface area contributed by atoms with Gasteiger partial charge < -0.3 is 9.80 Å². The Morgan fingerprint density at radius 1 is 0.682 bits per heavy atom. The Kier molecular flexibility index (Phi) is 5.87. The van der Waals surface area contributed by atoms with Crippen LogP contribution >= 0.6 is 0 Å². The highest BCUT2D eigenvalue weighted by Crippen LogP contribution is 2.23. The van der Waals surface area contributed by atoms with Gasteiger partial charge >= 0.3 is 0 Å². The van der Waals surface area contributed by atoms with Crippen LogP contribution in [0.15, 0.2) is 0 Å². The minimum absolute atomic E-state index is 0.157. The summed E-state index contributed by atoms with van der Waals surface area (Å²) in [5, 5.41) is 0. The third-order valence-corrected chi connectivity index (χ3v) is 5.00. The summed E-state index contributed by atoms with van der Waals surface area (Å²) in [6.07, 6.45) is 3.15. The lowest BCUT2D eigenvalue weighted by Gasteiger charge is -2.36. The van der Waals surface area contributed by atoms with E-state index in [1.165, 1.54) is 12.8 Å². The standard InChI is InChI=1S/C18H32N2O2/c1-13-7-14(2)10-19(9-13)17(21)5-6-18(22)20-11-15(3)8-16(4)12-20/h13-16H,5-12H2,1-4H3/t13-,14+,15-,16+. The van der Waals surface area contributed by atoms with Crippen LogP contribution in [0.1, 0.15) is 53.4 Å². The topological polar surface area (TPSA) is 40.6 Å². The molecule has 0 spiro atoms. The Hall–Kier alpha value is -1.06. The first-order valence-corrected chi connectivity index (χ1v) is 8.90. The van der Waals surface area contributed by atoms with Crippen molar-refractivity contribution in [3.8, 4) is 0 Å². The molecule has 0 aromatic rings. The van der Waals surface area contributed by atoms with E-state index in [1.807, 2.05) is 9.80 Å². The highest BCUT2D eigenvalue weighted by molar-refractivity contribution is 5.84. The van der Waals surface area contributed by atoms with Crippen LogP contribution in [-0.2, 0) is 9.59 Å². The van der Waals surface area contributed by atoms with E-state index in [1.54, 1.807) is 0 Å². The third-order valence-electron chi connectivity index (χ3n) is 5.00. The van der Waals surface area contributed by atoms with Crippen molar-refractivity contribution in [2.24, 2.45) is 23.7 Å². The highest BCUT2D eigenvalue weighted by atomic mass is 16.2. The van der Waals surface area contributed by atoms with Crippen LogP contribution in [-0.4, -0.2) is 47.8 Å². The summed E-state index contributed by atoms with van der Waals surface area (Å²) < 4.78 is 0. The Morgan fingerprint density at radius 3 is 1.23 bits per heavy atom. The first kappa shape index (κ1) is 17.3. The lowest BCUT2D eigenvalue weighted by atomic mass is 9.91. The molecule has 2 fully saturated rings. The molecular weight excluding hydrogens is 276 g/mol. The molecule has 4 heteroatoms. The molecule has 0 aromatic heterocycles. The van der Waals surface area contributed by atoms with Crippen molar-refractivity contribution in [3.63, 3.8) is 0 Å². The number of rotatable bonds is 3. The summed E-state index contributed by atoms with van der Waals surface area (Å²) in [5.41, 5.74) is 0. The largest absolute Gasteiger partial charge is 0.342 e. The average Bonchev–Trinajstić information content (AvgIpc) is 2.42. The first-order valence-electron chi connectivity index (χ1n) is 8.90. The molecule has 0 saturated carbocycles. The SMILES string of the molecule is C[C@@H]1C[C@H](C)CN(C(=O)CCC(=O)N2C[C@H](C)C[C@H](C)C2)C1. The van der Waals surface area contributed by atoms with Crippen LogP contribution in [0, 0.1) is 23.7 Å². The number of hydrogen-bond donors (Lipinski definition) is 0. The van der Waals surface area contributed by atoms with Gasteiger partial charge in [-0.25, -0.2) is 0 Å². The third kappa shape index (κ3) is 4.72. The monoisotopic (exact) mass is 308 g/mol. The second-order valence-corrected chi connectivity index (χ2v) is 7.99. The molecule has 2 rings (SSSR count). The molecule has 126 valence electrons. The lowest BCUT2D eigenvalue weighted by molar-refractivity contribution is -0.139. The van der Waals surface area contributed by atoms with E-state index < -0.39 is 0 Å². The van der Waals surface area contributed by atoms with Crippen molar-refractivity contribution in [3.05, 3.63) is 0 Å². The number of nitrogens with zero attached hydrogens (tertiary/aromatic N) is 2. The maximum atomic E-state index is 12.4. The molecular formula is C18H32N2O2. The Bertz CT molecular complexity index is 352. The van der Waals surface area contributed by atoms with Gasteiger partial charge in [-0.2, -0.15) is 0 Å². The van der Waals surface area contributed by atoms with E-state index in [2.05, 4.69) is 27.7 Å². The zero-order valence-electron chi connectivity index (χ0n) is 14.7. The van der Waals surface area contributed by atoms with E-state index in [0.717, 1.165) is 26.2 Å². The van der Waals surface area contributed by atoms with Crippen molar-refractivity contribution in [2.75, 3.05) is 26.2 Å². The Morgan fingerprint density at radius 2 is 0.955 bits per heavy atom. The van der Waals surface area contributed by atoms with E-state index in [0.29, 0.717) is 36.5 Å². The van der Waals surface area contributed by atoms with Gasteiger partial charge in [0, 0.05) is 39.0 Å². The number of amides is 2. The molecule has 2 heterocycles. The molecule has 0 radical (unpaired) electrons. The van der Waals surface area contributed by atoms with Gasteiger partial charge in [0.1, 0.15) is 0 Å². The predicted molar refractivity (Wildman–Crippen MR) is 88.3 cm³/mol.